The van der Waals surface area contributed by atoms with E-state index in [0.717, 1.165) is 26.9 Å². The highest BCUT2D eigenvalue weighted by atomic mass is 32.2. The fraction of sp³-hybridized carbons (Fsp3) is 0.138. The number of anilines is 2. The van der Waals surface area contributed by atoms with Gasteiger partial charge in [-0.2, -0.15) is 0 Å². The van der Waals surface area contributed by atoms with E-state index in [-0.39, 0.29) is 17.3 Å². The Morgan fingerprint density at radius 3 is 2.34 bits per heavy atom. The van der Waals surface area contributed by atoms with E-state index in [1.54, 1.807) is 53.7 Å². The lowest BCUT2D eigenvalue weighted by Gasteiger charge is -2.21. The molecule has 5 rings (SSSR count). The molecule has 0 bridgehead atoms. The van der Waals surface area contributed by atoms with Gasteiger partial charge in [-0.3, -0.25) is 19.0 Å². The van der Waals surface area contributed by atoms with Gasteiger partial charge in [0.05, 0.1) is 27.3 Å². The van der Waals surface area contributed by atoms with E-state index in [2.05, 4.69) is 11.1 Å². The average molecular weight is 543 g/mol. The molecule has 2 heterocycles. The highest BCUT2D eigenvalue weighted by Gasteiger charge is 2.25. The van der Waals surface area contributed by atoms with Crippen LogP contribution in [0.25, 0.3) is 10.2 Å². The third-order valence-corrected chi connectivity index (χ3v) is 9.34. The van der Waals surface area contributed by atoms with Crippen LogP contribution in [0.4, 0.5) is 10.8 Å². The summed E-state index contributed by atoms with van der Waals surface area (Å²) in [7, 11) is -2.28. The van der Waals surface area contributed by atoms with Crippen molar-refractivity contribution in [2.75, 3.05) is 16.3 Å². The summed E-state index contributed by atoms with van der Waals surface area (Å²) in [6, 6.07) is 22.7. The minimum absolute atomic E-state index is 0.102. The second-order valence-electron chi connectivity index (χ2n) is 8.94. The molecular weight excluding hydrogens is 516 g/mol. The molecule has 9 heteroatoms. The highest BCUT2D eigenvalue weighted by molar-refractivity contribution is 7.92. The largest absolute Gasteiger partial charge is 0.279 e. The number of fused-ring (bicyclic) bond motifs is 1. The SMILES string of the molecule is Cc1ccc2sc(N(Cc3cccnc3)C(=O)c3ccc(S(=O)(=O)N(C)c4ccccc4)cc3)nc2c1C. The summed E-state index contributed by atoms with van der Waals surface area (Å²) < 4.78 is 28.6. The van der Waals surface area contributed by atoms with E-state index in [0.29, 0.717) is 16.4 Å². The molecule has 0 saturated carbocycles. The molecule has 0 spiro atoms. The van der Waals surface area contributed by atoms with E-state index in [4.69, 9.17) is 4.98 Å². The van der Waals surface area contributed by atoms with Crippen LogP contribution in [0.1, 0.15) is 27.0 Å². The molecule has 0 aliphatic heterocycles. The normalized spacial score (nSPS) is 11.4. The minimum atomic E-state index is -3.79. The molecule has 0 unspecified atom stereocenters. The minimum Gasteiger partial charge on any atom is -0.279 e. The molecule has 7 nitrogen and oxygen atoms in total. The number of sulfonamides is 1. The summed E-state index contributed by atoms with van der Waals surface area (Å²) in [5, 5.41) is 0.572. The van der Waals surface area contributed by atoms with E-state index in [9.17, 15) is 13.2 Å². The number of pyridine rings is 1. The Labute approximate surface area is 226 Å². The van der Waals surface area contributed by atoms with Gasteiger partial charge in [0.2, 0.25) is 0 Å². The second kappa shape index (κ2) is 10.4. The van der Waals surface area contributed by atoms with Gasteiger partial charge in [-0.1, -0.05) is 41.7 Å². The number of carbonyl (C=O) groups excluding carboxylic acids is 1. The predicted molar refractivity (Wildman–Crippen MR) is 152 cm³/mol. The molecule has 0 saturated heterocycles. The van der Waals surface area contributed by atoms with E-state index < -0.39 is 10.0 Å². The zero-order chi connectivity index (χ0) is 26.9. The summed E-state index contributed by atoms with van der Waals surface area (Å²) in [5.41, 5.74) is 4.86. The van der Waals surface area contributed by atoms with Crippen LogP contribution in [0.15, 0.2) is 96.2 Å². The van der Waals surface area contributed by atoms with Gasteiger partial charge >= 0.3 is 0 Å². The van der Waals surface area contributed by atoms with Crippen molar-refractivity contribution < 1.29 is 13.2 Å². The van der Waals surface area contributed by atoms with Crippen molar-refractivity contribution in [1.29, 1.82) is 0 Å². The third kappa shape index (κ3) is 4.90. The zero-order valence-electron chi connectivity index (χ0n) is 21.2. The smallest absolute Gasteiger partial charge is 0.264 e. The summed E-state index contributed by atoms with van der Waals surface area (Å²) >= 11 is 1.45. The predicted octanol–water partition coefficient (Wildman–Crippen LogP) is 5.98. The standard InChI is InChI=1S/C29H26N4O3S2/c1-20-11-16-26-27(21(20)2)31-29(37-26)33(19-22-8-7-17-30-18-22)28(34)23-12-14-25(15-13-23)38(35,36)32(3)24-9-5-4-6-10-24/h4-18H,19H2,1-3H3. The van der Waals surface area contributed by atoms with Gasteiger partial charge < -0.3 is 0 Å². The van der Waals surface area contributed by atoms with E-state index in [1.807, 2.05) is 38.1 Å². The number of rotatable bonds is 7. The molecule has 38 heavy (non-hydrogen) atoms. The molecule has 0 aliphatic rings. The van der Waals surface area contributed by atoms with Crippen LogP contribution >= 0.6 is 11.3 Å². The quantitative estimate of drug-likeness (QED) is 0.253. The van der Waals surface area contributed by atoms with Crippen LogP contribution in [0.5, 0.6) is 0 Å². The Bertz CT molecular complexity index is 1700. The molecule has 3 aromatic carbocycles. The first kappa shape index (κ1) is 25.6. The molecule has 1 amide bonds. The lowest BCUT2D eigenvalue weighted by Crippen LogP contribution is -2.30. The molecule has 0 N–H and O–H groups in total. The molecule has 5 aromatic rings. The fourth-order valence-electron chi connectivity index (χ4n) is 4.09. The van der Waals surface area contributed by atoms with Crippen molar-refractivity contribution in [2.45, 2.75) is 25.3 Å². The van der Waals surface area contributed by atoms with Crippen LogP contribution in [0.3, 0.4) is 0 Å². The molecule has 0 radical (unpaired) electrons. The van der Waals surface area contributed by atoms with Gasteiger partial charge in [0, 0.05) is 25.0 Å². The number of nitrogens with zero attached hydrogens (tertiary/aromatic N) is 4. The molecule has 0 fully saturated rings. The number of benzene rings is 3. The summed E-state index contributed by atoms with van der Waals surface area (Å²) in [6.45, 7) is 4.35. The Morgan fingerprint density at radius 2 is 1.66 bits per heavy atom. The first-order valence-corrected chi connectivity index (χ1v) is 14.2. The Hall–Kier alpha value is -4.08. The zero-order valence-corrected chi connectivity index (χ0v) is 22.8. The Balaban J connectivity index is 1.49. The number of carbonyl (C=O) groups is 1. The van der Waals surface area contributed by atoms with Crippen LogP contribution in [0.2, 0.25) is 0 Å². The number of aromatic nitrogens is 2. The Morgan fingerprint density at radius 1 is 0.921 bits per heavy atom. The number of hydrogen-bond donors (Lipinski definition) is 0. The van der Waals surface area contributed by atoms with Gasteiger partial charge in [-0.15, -0.1) is 0 Å². The molecular formula is C29H26N4O3S2. The Kier molecular flexibility index (Phi) is 6.96. The van der Waals surface area contributed by atoms with Gasteiger partial charge in [-0.25, -0.2) is 13.4 Å². The summed E-state index contributed by atoms with van der Waals surface area (Å²) in [4.78, 5) is 24.5. The molecule has 0 aliphatic carbocycles. The maximum Gasteiger partial charge on any atom is 0.264 e. The average Bonchev–Trinajstić information content (AvgIpc) is 3.39. The monoisotopic (exact) mass is 542 g/mol. The second-order valence-corrected chi connectivity index (χ2v) is 11.9. The van der Waals surface area contributed by atoms with E-state index >= 15 is 0 Å². The van der Waals surface area contributed by atoms with E-state index in [1.165, 1.54) is 34.8 Å². The summed E-state index contributed by atoms with van der Waals surface area (Å²) in [6.07, 6.45) is 3.41. The topological polar surface area (TPSA) is 83.5 Å². The van der Waals surface area contributed by atoms with Crippen molar-refractivity contribution >= 4 is 48.3 Å². The van der Waals surface area contributed by atoms with Crippen molar-refractivity contribution in [1.82, 2.24) is 9.97 Å². The number of para-hydroxylation sites is 1. The maximum absolute atomic E-state index is 13.8. The van der Waals surface area contributed by atoms with Gasteiger partial charge in [0.25, 0.3) is 15.9 Å². The van der Waals surface area contributed by atoms with Crippen molar-refractivity contribution in [3.8, 4) is 0 Å². The van der Waals surface area contributed by atoms with Crippen molar-refractivity contribution in [3.05, 3.63) is 114 Å². The first-order chi connectivity index (χ1) is 18.3. The molecule has 2 aromatic heterocycles. The number of amides is 1. The van der Waals surface area contributed by atoms with Gasteiger partial charge in [-0.05, 0) is 79.1 Å². The number of hydrogen-bond acceptors (Lipinski definition) is 6. The van der Waals surface area contributed by atoms with Crippen molar-refractivity contribution in [2.24, 2.45) is 0 Å². The summed E-state index contributed by atoms with van der Waals surface area (Å²) in [5.74, 6) is -0.275. The lowest BCUT2D eigenvalue weighted by atomic mass is 10.1. The highest BCUT2D eigenvalue weighted by Crippen LogP contribution is 2.33. The molecule has 192 valence electrons. The van der Waals surface area contributed by atoms with Crippen molar-refractivity contribution in [3.63, 3.8) is 0 Å². The van der Waals surface area contributed by atoms with Gasteiger partial charge in [0.1, 0.15) is 0 Å². The van der Waals surface area contributed by atoms with Crippen LogP contribution < -0.4 is 9.21 Å². The maximum atomic E-state index is 13.8. The number of aryl methyl sites for hydroxylation is 2. The van der Waals surface area contributed by atoms with Crippen LogP contribution in [-0.4, -0.2) is 31.3 Å². The van der Waals surface area contributed by atoms with Gasteiger partial charge in [0.15, 0.2) is 5.13 Å². The fourth-order valence-corrected chi connectivity index (χ4v) is 6.31. The first-order valence-electron chi connectivity index (χ1n) is 12.0. The van der Waals surface area contributed by atoms with Crippen LogP contribution in [-0.2, 0) is 16.6 Å². The number of thiazole rings is 1. The third-order valence-electron chi connectivity index (χ3n) is 6.49. The van der Waals surface area contributed by atoms with Crippen LogP contribution in [0, 0.1) is 13.8 Å². The molecule has 0 atom stereocenters. The lowest BCUT2D eigenvalue weighted by molar-refractivity contribution is 0.0985.